The van der Waals surface area contributed by atoms with Crippen molar-refractivity contribution in [3.8, 4) is 17.4 Å². The van der Waals surface area contributed by atoms with E-state index in [1.54, 1.807) is 12.3 Å². The molecule has 7 heterocycles. The number of hydrogen-bond donors (Lipinski definition) is 4. The van der Waals surface area contributed by atoms with Crippen LogP contribution in [0, 0.1) is 21.4 Å². The number of carbonyl (C=O) groups excluding carboxylic acids is 1. The van der Waals surface area contributed by atoms with Crippen LogP contribution in [0.3, 0.4) is 0 Å². The van der Waals surface area contributed by atoms with Crippen molar-refractivity contribution in [2.75, 3.05) is 67.8 Å². The predicted molar refractivity (Wildman–Crippen MR) is 286 cm³/mol. The molecule has 7 aliphatic rings. The molecule has 0 bridgehead atoms. The minimum atomic E-state index is -4.72. The predicted octanol–water partition coefficient (Wildman–Crippen LogP) is 8.39. The Balaban J connectivity index is 0.827. The first-order chi connectivity index (χ1) is 36.6. The van der Waals surface area contributed by atoms with E-state index in [-0.39, 0.29) is 65.8 Å². The molecule has 2 saturated carbocycles. The second kappa shape index (κ2) is 20.0. The van der Waals surface area contributed by atoms with Gasteiger partial charge in [0, 0.05) is 73.9 Å². The van der Waals surface area contributed by atoms with Gasteiger partial charge in [0.05, 0.1) is 64.1 Å². The molecule has 20 heteroatoms. The molecule has 4 N–H and O–H groups in total. The molecule has 3 aromatic carbocycles. The van der Waals surface area contributed by atoms with Gasteiger partial charge in [0.25, 0.3) is 21.6 Å². The number of carbonyl (C=O) groups is 1. The average molecular weight is 1060 g/mol. The Morgan fingerprint density at radius 3 is 2.53 bits per heavy atom. The minimum absolute atomic E-state index is 0.00428. The monoisotopic (exact) mass is 1060 g/mol. The maximum atomic E-state index is 14.9. The second-order valence-corrected chi connectivity index (χ2v) is 24.4. The maximum absolute atomic E-state index is 14.9. The number of aromatic nitrogens is 2. The molecule has 5 fully saturated rings. The number of pyridine rings is 1. The normalized spacial score (nSPS) is 26.7. The number of aromatic amines is 1. The van der Waals surface area contributed by atoms with Crippen LogP contribution in [0.1, 0.15) is 107 Å². The highest BCUT2D eigenvalue weighted by Gasteiger charge is 2.50. The van der Waals surface area contributed by atoms with Gasteiger partial charge in [0.2, 0.25) is 5.88 Å². The highest BCUT2D eigenvalue weighted by Crippen LogP contribution is 2.54. The SMILES string of the molecule is CC(C)Oc1ccccc1[C@@H]1COCCCN1C1CC2(CCN(c3ccc(C(=O)NS(=O)(=O)c4cc5c(c([N+](=O)[O-])c4)N[C@@H](C4CCC(C)(O)CC4)CO5)c(N4c5cc6cc[nH]c6nc5O[C@H]5COCC[C@@H]54)c3)CC2)C1. The molecule has 12 rings (SSSR count). The number of nitrogens with zero attached hydrogens (tertiary/aromatic N) is 5. The van der Waals surface area contributed by atoms with Gasteiger partial charge in [-0.2, -0.15) is 4.98 Å². The highest BCUT2D eigenvalue weighted by molar-refractivity contribution is 7.90. The number of nitrogens with one attached hydrogen (secondary N) is 3. The summed E-state index contributed by atoms with van der Waals surface area (Å²) in [6.07, 6.45) is 9.74. The lowest BCUT2D eigenvalue weighted by Gasteiger charge is -2.56. The Morgan fingerprint density at radius 2 is 1.74 bits per heavy atom. The summed E-state index contributed by atoms with van der Waals surface area (Å²) in [5, 5.41) is 27.3. The van der Waals surface area contributed by atoms with Gasteiger partial charge in [-0.1, -0.05) is 18.2 Å². The number of nitro groups is 1. The lowest BCUT2D eigenvalue weighted by molar-refractivity contribution is -0.384. The fourth-order valence-electron chi connectivity index (χ4n) is 13.2. The number of nitro benzene ring substituents is 1. The Morgan fingerprint density at radius 1 is 0.947 bits per heavy atom. The van der Waals surface area contributed by atoms with Crippen LogP contribution in [-0.2, 0) is 19.5 Å². The number of piperidine rings is 1. The number of rotatable bonds is 11. The van der Waals surface area contributed by atoms with Crippen LogP contribution in [0.2, 0.25) is 0 Å². The number of para-hydroxylation sites is 1. The average Bonchev–Trinajstić information content (AvgIpc) is 3.75. The van der Waals surface area contributed by atoms with E-state index >= 15 is 0 Å². The number of hydrogen-bond acceptors (Lipinski definition) is 16. The summed E-state index contributed by atoms with van der Waals surface area (Å²) in [6.45, 7) is 10.8. The van der Waals surface area contributed by atoms with Crippen molar-refractivity contribution in [2.45, 2.75) is 132 Å². The van der Waals surface area contributed by atoms with Crippen LogP contribution < -0.4 is 34.0 Å². The molecule has 19 nitrogen and oxygen atoms in total. The van der Waals surface area contributed by atoms with Crippen molar-refractivity contribution in [1.29, 1.82) is 0 Å². The highest BCUT2D eigenvalue weighted by atomic mass is 32.2. The van der Waals surface area contributed by atoms with Gasteiger partial charge >= 0.3 is 0 Å². The summed E-state index contributed by atoms with van der Waals surface area (Å²) in [5.74, 6) is 0.464. The van der Waals surface area contributed by atoms with E-state index in [0.717, 1.165) is 81.2 Å². The zero-order valence-electron chi connectivity index (χ0n) is 43.4. The van der Waals surface area contributed by atoms with E-state index in [9.17, 15) is 28.4 Å². The minimum Gasteiger partial charge on any atom is -0.491 e. The van der Waals surface area contributed by atoms with Crippen molar-refractivity contribution < 1.29 is 46.9 Å². The van der Waals surface area contributed by atoms with E-state index in [2.05, 4.69) is 61.8 Å². The number of H-pyrrole nitrogens is 1. The lowest BCUT2D eigenvalue weighted by Crippen LogP contribution is -2.56. The van der Waals surface area contributed by atoms with Gasteiger partial charge in [0.15, 0.2) is 11.4 Å². The topological polar surface area (TPSA) is 223 Å². The Kier molecular flexibility index (Phi) is 13.3. The first-order valence-corrected chi connectivity index (χ1v) is 28.6. The Hall–Kier alpha value is -6.19. The molecule has 5 aliphatic heterocycles. The molecule has 404 valence electrons. The smallest absolute Gasteiger partial charge is 0.297 e. The third-order valence-corrected chi connectivity index (χ3v) is 18.6. The number of benzene rings is 3. The van der Waals surface area contributed by atoms with Gasteiger partial charge in [-0.05, 0) is 133 Å². The molecule has 3 saturated heterocycles. The molecule has 2 aliphatic carbocycles. The first kappa shape index (κ1) is 50.6. The molecular weight excluding hydrogens is 993 g/mol. The molecule has 76 heavy (non-hydrogen) atoms. The number of amides is 1. The molecule has 2 aromatic heterocycles. The number of ether oxygens (including phenoxy) is 5. The van der Waals surface area contributed by atoms with Crippen molar-refractivity contribution in [1.82, 2.24) is 19.6 Å². The third-order valence-electron chi connectivity index (χ3n) is 17.3. The van der Waals surface area contributed by atoms with Crippen LogP contribution in [0.5, 0.6) is 17.4 Å². The van der Waals surface area contributed by atoms with Crippen molar-refractivity contribution in [3.63, 3.8) is 0 Å². The molecule has 4 atom stereocenters. The van der Waals surface area contributed by atoms with Crippen LogP contribution in [-0.4, -0.2) is 128 Å². The van der Waals surface area contributed by atoms with E-state index in [0.29, 0.717) is 74.3 Å². The molecule has 0 radical (unpaired) electrons. The molecule has 0 unspecified atom stereocenters. The van der Waals surface area contributed by atoms with E-state index in [1.807, 2.05) is 37.3 Å². The Labute approximate surface area is 442 Å². The zero-order chi connectivity index (χ0) is 52.5. The first-order valence-electron chi connectivity index (χ1n) is 27.1. The van der Waals surface area contributed by atoms with Crippen molar-refractivity contribution >= 4 is 55.4 Å². The molecule has 1 amide bonds. The lowest BCUT2D eigenvalue weighted by atomic mass is 9.59. The van der Waals surface area contributed by atoms with Gasteiger partial charge in [-0.15, -0.1) is 0 Å². The summed E-state index contributed by atoms with van der Waals surface area (Å²) in [7, 11) is -4.72. The van der Waals surface area contributed by atoms with Crippen molar-refractivity contribution in [2.24, 2.45) is 11.3 Å². The summed E-state index contributed by atoms with van der Waals surface area (Å²) >= 11 is 0. The van der Waals surface area contributed by atoms with Crippen LogP contribution in [0.15, 0.2) is 77.8 Å². The van der Waals surface area contributed by atoms with Gasteiger partial charge < -0.3 is 48.9 Å². The fraction of sp³-hybridized carbons (Fsp3) is 0.536. The van der Waals surface area contributed by atoms with E-state index in [4.69, 9.17) is 28.7 Å². The van der Waals surface area contributed by atoms with Crippen LogP contribution in [0.4, 0.5) is 28.4 Å². The summed E-state index contributed by atoms with van der Waals surface area (Å²) in [6, 6.07) is 20.0. The number of fused-ring (bicyclic) bond motifs is 4. The van der Waals surface area contributed by atoms with Crippen molar-refractivity contribution in [3.05, 3.63) is 94.2 Å². The number of aliphatic hydroxyl groups is 1. The van der Waals surface area contributed by atoms with Gasteiger partial charge in [-0.25, -0.2) is 13.1 Å². The largest absolute Gasteiger partial charge is 0.491 e. The zero-order valence-corrected chi connectivity index (χ0v) is 44.2. The summed E-state index contributed by atoms with van der Waals surface area (Å²) in [5.41, 5.74) is 2.94. The third kappa shape index (κ3) is 9.68. The number of sulfonamides is 1. The van der Waals surface area contributed by atoms with Gasteiger partial charge in [0.1, 0.15) is 29.8 Å². The standard InChI is InChI=1S/C56H68N8O11S/c1-34(2)74-48-8-5-4-7-40(48)47-32-71-23-6-20-62(47)38-29-56(30-38)17-21-61(22-18-56)37-9-10-41(44(26-37)63-43-14-24-72-33-50(43)75-54-46(63)25-36-13-19-57-52(36)59-54)53(65)60-76(69,70)39-27-45(64(67)68)51-49(28-39)73-31-42(58-51)35-11-15-55(3,66)16-12-35/h4-5,7-10,13,19,25-28,34-35,38,42-43,47,50,58,66H,6,11-12,14-18,20-24,29-33H2,1-3H3,(H,57,59)(H,60,65)/t35?,42-,43+,47+,50+,55?/m1/s1. The summed E-state index contributed by atoms with van der Waals surface area (Å²) < 4.78 is 62.2. The maximum Gasteiger partial charge on any atom is 0.297 e. The molecule has 1 spiro atoms. The number of anilines is 4. The molecule has 5 aromatic rings. The van der Waals surface area contributed by atoms with E-state index in [1.165, 1.54) is 11.6 Å². The quantitative estimate of drug-likeness (QED) is 0.0720. The van der Waals surface area contributed by atoms with Crippen LogP contribution >= 0.6 is 0 Å². The van der Waals surface area contributed by atoms with E-state index < -0.39 is 43.1 Å². The van der Waals surface area contributed by atoms with Crippen LogP contribution in [0.25, 0.3) is 11.0 Å². The summed E-state index contributed by atoms with van der Waals surface area (Å²) in [4.78, 5) is 41.5. The Bertz CT molecular complexity index is 3120. The fourth-order valence-corrected chi connectivity index (χ4v) is 14.2. The second-order valence-electron chi connectivity index (χ2n) is 22.7. The van der Waals surface area contributed by atoms with Gasteiger partial charge in [-0.3, -0.25) is 19.8 Å². The molecular formula is C56H68N8O11S.